The molecule has 0 spiro atoms. The molecule has 0 aliphatic rings. The molecule has 1 heterocycles. The van der Waals surface area contributed by atoms with Crippen LogP contribution in [0.5, 0.6) is 5.75 Å². The quantitative estimate of drug-likeness (QED) is 0.772. The lowest BCUT2D eigenvalue weighted by Gasteiger charge is -2.06. The molecule has 2 rings (SSSR count). The number of phenols is 1. The van der Waals surface area contributed by atoms with Gasteiger partial charge in [-0.1, -0.05) is 0 Å². The molecule has 5 heteroatoms. The van der Waals surface area contributed by atoms with Crippen molar-refractivity contribution in [2.45, 2.75) is 13.1 Å². The maximum absolute atomic E-state index is 13.0. The van der Waals surface area contributed by atoms with Gasteiger partial charge in [-0.25, -0.2) is 4.39 Å². The molecular formula is C12H14FN3O. The lowest BCUT2D eigenvalue weighted by molar-refractivity contribution is 0.467. The minimum Gasteiger partial charge on any atom is -0.508 e. The van der Waals surface area contributed by atoms with Gasteiger partial charge in [0.1, 0.15) is 11.6 Å². The van der Waals surface area contributed by atoms with Crippen molar-refractivity contribution in [2.75, 3.05) is 6.54 Å². The number of aromatic nitrogens is 2. The van der Waals surface area contributed by atoms with Crippen LogP contribution < -0.4 is 5.32 Å². The molecule has 1 aromatic heterocycles. The van der Waals surface area contributed by atoms with Crippen molar-refractivity contribution < 1.29 is 9.50 Å². The molecule has 4 nitrogen and oxygen atoms in total. The van der Waals surface area contributed by atoms with Crippen molar-refractivity contribution in [3.63, 3.8) is 0 Å². The first-order valence-electron chi connectivity index (χ1n) is 5.40. The lowest BCUT2D eigenvalue weighted by atomic mass is 10.2. The predicted molar refractivity (Wildman–Crippen MR) is 62.0 cm³/mol. The standard InChI is InChI=1S/C12H14FN3O/c13-11-6-10(7-12(17)8-11)9-14-3-5-16-4-1-2-15-16/h1-2,4,6-8,14,17H,3,5,9H2. The van der Waals surface area contributed by atoms with Crippen LogP contribution in [0.2, 0.25) is 0 Å². The second-order valence-corrected chi connectivity index (χ2v) is 3.76. The number of nitrogens with one attached hydrogen (secondary N) is 1. The second kappa shape index (κ2) is 5.45. The zero-order valence-corrected chi connectivity index (χ0v) is 9.31. The molecule has 0 fully saturated rings. The van der Waals surface area contributed by atoms with Gasteiger partial charge in [0.15, 0.2) is 0 Å². The van der Waals surface area contributed by atoms with Crippen LogP contribution in [0.3, 0.4) is 0 Å². The molecule has 0 saturated heterocycles. The Morgan fingerprint density at radius 3 is 2.94 bits per heavy atom. The van der Waals surface area contributed by atoms with E-state index in [2.05, 4.69) is 10.4 Å². The molecule has 0 unspecified atom stereocenters. The Morgan fingerprint density at radius 2 is 2.24 bits per heavy atom. The highest BCUT2D eigenvalue weighted by Crippen LogP contribution is 2.14. The zero-order chi connectivity index (χ0) is 12.1. The smallest absolute Gasteiger partial charge is 0.127 e. The van der Waals surface area contributed by atoms with E-state index < -0.39 is 5.82 Å². The van der Waals surface area contributed by atoms with E-state index in [1.54, 1.807) is 12.3 Å². The van der Waals surface area contributed by atoms with E-state index in [1.165, 1.54) is 6.07 Å². The SMILES string of the molecule is Oc1cc(F)cc(CNCCn2cccn2)c1. The molecule has 0 atom stereocenters. The Bertz CT molecular complexity index is 450. The summed E-state index contributed by atoms with van der Waals surface area (Å²) >= 11 is 0. The number of hydrogen-bond donors (Lipinski definition) is 2. The second-order valence-electron chi connectivity index (χ2n) is 3.76. The van der Waals surface area contributed by atoms with E-state index in [0.29, 0.717) is 6.54 Å². The van der Waals surface area contributed by atoms with E-state index in [9.17, 15) is 9.50 Å². The molecule has 1 aromatic carbocycles. The summed E-state index contributed by atoms with van der Waals surface area (Å²) in [4.78, 5) is 0. The third kappa shape index (κ3) is 3.57. The summed E-state index contributed by atoms with van der Waals surface area (Å²) in [6, 6.07) is 5.91. The van der Waals surface area contributed by atoms with Crippen LogP contribution in [-0.4, -0.2) is 21.4 Å². The Labute approximate surface area is 98.7 Å². The summed E-state index contributed by atoms with van der Waals surface area (Å²) in [7, 11) is 0. The van der Waals surface area contributed by atoms with Crippen LogP contribution in [-0.2, 0) is 13.1 Å². The monoisotopic (exact) mass is 235 g/mol. The topological polar surface area (TPSA) is 50.1 Å². The fourth-order valence-corrected chi connectivity index (χ4v) is 1.59. The number of hydrogen-bond acceptors (Lipinski definition) is 3. The van der Waals surface area contributed by atoms with E-state index in [1.807, 2.05) is 16.9 Å². The molecular weight excluding hydrogens is 221 g/mol. The van der Waals surface area contributed by atoms with Crippen molar-refractivity contribution in [3.8, 4) is 5.75 Å². The number of nitrogens with zero attached hydrogens (tertiary/aromatic N) is 2. The minimum atomic E-state index is -0.422. The van der Waals surface area contributed by atoms with Crippen LogP contribution in [0.25, 0.3) is 0 Å². The maximum Gasteiger partial charge on any atom is 0.127 e. The molecule has 90 valence electrons. The molecule has 0 bridgehead atoms. The average molecular weight is 235 g/mol. The number of benzene rings is 1. The number of aromatic hydroxyl groups is 1. The van der Waals surface area contributed by atoms with Crippen LogP contribution in [0.1, 0.15) is 5.56 Å². The molecule has 0 amide bonds. The van der Waals surface area contributed by atoms with Crippen molar-refractivity contribution in [1.82, 2.24) is 15.1 Å². The van der Waals surface area contributed by atoms with Gasteiger partial charge in [-0.15, -0.1) is 0 Å². The highest BCUT2D eigenvalue weighted by Gasteiger charge is 1.99. The van der Waals surface area contributed by atoms with E-state index in [0.717, 1.165) is 24.7 Å². The fraction of sp³-hybridized carbons (Fsp3) is 0.250. The first-order valence-corrected chi connectivity index (χ1v) is 5.40. The summed E-state index contributed by atoms with van der Waals surface area (Å²) in [5, 5.41) is 16.4. The first kappa shape index (κ1) is 11.6. The third-order valence-corrected chi connectivity index (χ3v) is 2.35. The van der Waals surface area contributed by atoms with Crippen LogP contribution in [0, 0.1) is 5.82 Å². The van der Waals surface area contributed by atoms with Gasteiger partial charge in [0, 0.05) is 31.5 Å². The highest BCUT2D eigenvalue weighted by molar-refractivity contribution is 5.28. The van der Waals surface area contributed by atoms with Gasteiger partial charge in [-0.05, 0) is 23.8 Å². The number of phenolic OH excluding ortho intramolecular Hbond substituents is 1. The number of halogens is 1. The Kier molecular flexibility index (Phi) is 3.72. The molecule has 0 radical (unpaired) electrons. The van der Waals surface area contributed by atoms with Gasteiger partial charge >= 0.3 is 0 Å². The molecule has 0 aliphatic heterocycles. The van der Waals surface area contributed by atoms with Gasteiger partial charge in [-0.3, -0.25) is 4.68 Å². The molecule has 0 aliphatic carbocycles. The molecule has 17 heavy (non-hydrogen) atoms. The van der Waals surface area contributed by atoms with Gasteiger partial charge in [0.05, 0.1) is 6.54 Å². The Balaban J connectivity index is 1.78. The number of rotatable bonds is 5. The van der Waals surface area contributed by atoms with Crippen molar-refractivity contribution in [2.24, 2.45) is 0 Å². The summed E-state index contributed by atoms with van der Waals surface area (Å²) < 4.78 is 14.8. The van der Waals surface area contributed by atoms with E-state index in [4.69, 9.17) is 0 Å². The van der Waals surface area contributed by atoms with Gasteiger partial charge in [0.2, 0.25) is 0 Å². The summed E-state index contributed by atoms with van der Waals surface area (Å²) in [6.45, 7) is 2.01. The third-order valence-electron chi connectivity index (χ3n) is 2.35. The van der Waals surface area contributed by atoms with Gasteiger partial charge in [0.25, 0.3) is 0 Å². The molecule has 2 N–H and O–H groups in total. The summed E-state index contributed by atoms with van der Waals surface area (Å²) in [5.74, 6) is -0.470. The van der Waals surface area contributed by atoms with E-state index in [-0.39, 0.29) is 5.75 Å². The fourth-order valence-electron chi connectivity index (χ4n) is 1.59. The minimum absolute atomic E-state index is 0.0473. The van der Waals surface area contributed by atoms with Crippen LogP contribution in [0.4, 0.5) is 4.39 Å². The largest absolute Gasteiger partial charge is 0.508 e. The normalized spacial score (nSPS) is 10.6. The van der Waals surface area contributed by atoms with Crippen LogP contribution >= 0.6 is 0 Å². The zero-order valence-electron chi connectivity index (χ0n) is 9.31. The molecule has 0 saturated carbocycles. The first-order chi connectivity index (χ1) is 8.24. The lowest BCUT2D eigenvalue weighted by Crippen LogP contribution is -2.19. The maximum atomic E-state index is 13.0. The summed E-state index contributed by atoms with van der Waals surface area (Å²) in [6.07, 6.45) is 3.61. The van der Waals surface area contributed by atoms with Crippen molar-refractivity contribution in [1.29, 1.82) is 0 Å². The Morgan fingerprint density at radius 1 is 1.35 bits per heavy atom. The van der Waals surface area contributed by atoms with E-state index >= 15 is 0 Å². The average Bonchev–Trinajstić information content (AvgIpc) is 2.76. The van der Waals surface area contributed by atoms with Gasteiger partial charge in [-0.2, -0.15) is 5.10 Å². The van der Waals surface area contributed by atoms with Gasteiger partial charge < -0.3 is 10.4 Å². The van der Waals surface area contributed by atoms with Crippen molar-refractivity contribution >= 4 is 0 Å². The molecule has 2 aromatic rings. The van der Waals surface area contributed by atoms with Crippen molar-refractivity contribution in [3.05, 3.63) is 48.0 Å². The van der Waals surface area contributed by atoms with Crippen LogP contribution in [0.15, 0.2) is 36.7 Å². The summed E-state index contributed by atoms with van der Waals surface area (Å²) in [5.41, 5.74) is 0.725. The predicted octanol–water partition coefficient (Wildman–Crippen LogP) is 1.52. The Hall–Kier alpha value is -1.88. The highest BCUT2D eigenvalue weighted by atomic mass is 19.1.